The van der Waals surface area contributed by atoms with Gasteiger partial charge in [-0.3, -0.25) is 9.59 Å². The summed E-state index contributed by atoms with van der Waals surface area (Å²) in [6.45, 7) is 3.50. The number of rotatable bonds is 8. The Labute approximate surface area is 222 Å². The summed E-state index contributed by atoms with van der Waals surface area (Å²) in [7, 11) is 1.45. The normalized spacial score (nSPS) is 10.8. The van der Waals surface area contributed by atoms with Crippen LogP contribution in [0.4, 0.5) is 11.4 Å². The zero-order valence-corrected chi connectivity index (χ0v) is 22.2. The molecule has 0 aliphatic rings. The van der Waals surface area contributed by atoms with Gasteiger partial charge in [0.1, 0.15) is 11.6 Å². The van der Waals surface area contributed by atoms with Crippen LogP contribution in [0.3, 0.4) is 0 Å². The number of hydrogen-bond donors (Lipinski definition) is 2. The number of nitriles is 1. The molecule has 0 heterocycles. The van der Waals surface area contributed by atoms with Crippen molar-refractivity contribution in [2.75, 3.05) is 24.4 Å². The Morgan fingerprint density at radius 3 is 2.50 bits per heavy atom. The van der Waals surface area contributed by atoms with Crippen LogP contribution in [-0.4, -0.2) is 25.5 Å². The lowest BCUT2D eigenvalue weighted by Crippen LogP contribution is -2.20. The Balaban J connectivity index is 1.73. The van der Waals surface area contributed by atoms with Crippen LogP contribution in [0.5, 0.6) is 11.5 Å². The maximum absolute atomic E-state index is 12.6. The summed E-state index contributed by atoms with van der Waals surface area (Å²) in [5.41, 5.74) is 3.47. The summed E-state index contributed by atoms with van der Waals surface area (Å²) in [5, 5.41) is 15.5. The zero-order chi connectivity index (χ0) is 26.2. The fraction of sp³-hybridized carbons (Fsp3) is 0.148. The molecule has 36 heavy (non-hydrogen) atoms. The Morgan fingerprint density at radius 1 is 1.08 bits per heavy atom. The van der Waals surface area contributed by atoms with E-state index in [2.05, 4.69) is 26.6 Å². The number of aryl methyl sites for hydroxylation is 2. The second kappa shape index (κ2) is 12.2. The van der Waals surface area contributed by atoms with Gasteiger partial charge in [0.15, 0.2) is 18.1 Å². The number of benzene rings is 3. The zero-order valence-electron chi connectivity index (χ0n) is 19.8. The first-order valence-corrected chi connectivity index (χ1v) is 11.9. The Kier molecular flexibility index (Phi) is 9.12. The highest BCUT2D eigenvalue weighted by Crippen LogP contribution is 2.37. The van der Waals surface area contributed by atoms with Crippen molar-refractivity contribution in [3.05, 3.63) is 86.4 Å². The first kappa shape index (κ1) is 26.8. The Bertz CT molecular complexity index is 1380. The summed E-state index contributed by atoms with van der Waals surface area (Å²) in [6.07, 6.45) is 1.44. The molecule has 0 atom stereocenters. The van der Waals surface area contributed by atoms with E-state index in [4.69, 9.17) is 21.1 Å². The molecule has 9 heteroatoms. The van der Waals surface area contributed by atoms with Crippen molar-refractivity contribution in [3.63, 3.8) is 0 Å². The molecule has 0 aromatic heterocycles. The van der Waals surface area contributed by atoms with E-state index in [1.807, 2.05) is 38.1 Å². The quantitative estimate of drug-likeness (QED) is 0.246. The number of hydrogen-bond acceptors (Lipinski definition) is 5. The average Bonchev–Trinajstić information content (AvgIpc) is 2.83. The van der Waals surface area contributed by atoms with Crippen molar-refractivity contribution in [2.45, 2.75) is 13.8 Å². The number of nitrogens with one attached hydrogen (secondary N) is 2. The van der Waals surface area contributed by atoms with Crippen molar-refractivity contribution in [1.29, 1.82) is 5.26 Å². The average molecular weight is 569 g/mol. The molecular weight excluding hydrogens is 546 g/mol. The second-order valence-corrected chi connectivity index (χ2v) is 9.09. The molecule has 0 spiro atoms. The minimum atomic E-state index is -0.536. The van der Waals surface area contributed by atoms with Gasteiger partial charge in [-0.1, -0.05) is 29.8 Å². The van der Waals surface area contributed by atoms with E-state index in [0.29, 0.717) is 37.9 Å². The summed E-state index contributed by atoms with van der Waals surface area (Å²) in [6, 6.07) is 17.7. The number of amides is 2. The number of carbonyl (C=O) groups is 2. The minimum Gasteiger partial charge on any atom is -0.493 e. The van der Waals surface area contributed by atoms with Crippen LogP contribution in [0, 0.1) is 25.2 Å². The third-order valence-electron chi connectivity index (χ3n) is 5.01. The summed E-state index contributed by atoms with van der Waals surface area (Å²) < 4.78 is 11.6. The van der Waals surface area contributed by atoms with E-state index >= 15 is 0 Å². The minimum absolute atomic E-state index is 0.0877. The van der Waals surface area contributed by atoms with E-state index in [1.165, 1.54) is 13.2 Å². The van der Waals surface area contributed by atoms with Gasteiger partial charge >= 0.3 is 0 Å². The number of ether oxygens (including phenoxy) is 2. The molecule has 184 valence electrons. The summed E-state index contributed by atoms with van der Waals surface area (Å²) in [4.78, 5) is 25.0. The summed E-state index contributed by atoms with van der Waals surface area (Å²) >= 11 is 9.52. The van der Waals surface area contributed by atoms with Crippen molar-refractivity contribution >= 4 is 56.8 Å². The highest BCUT2D eigenvalue weighted by molar-refractivity contribution is 9.10. The molecule has 0 radical (unpaired) electrons. The fourth-order valence-corrected chi connectivity index (χ4v) is 3.96. The molecular formula is C27H23BrClN3O4. The number of halogens is 2. The van der Waals surface area contributed by atoms with Crippen LogP contribution < -0.4 is 20.1 Å². The van der Waals surface area contributed by atoms with E-state index in [-0.39, 0.29) is 18.1 Å². The van der Waals surface area contributed by atoms with Gasteiger partial charge in [-0.2, -0.15) is 5.26 Å². The Hall–Kier alpha value is -3.80. The SMILES string of the molecule is COc1cc(/C=C(\C#N)C(=O)Nc2cccc(C)c2)cc(Br)c1OCC(=O)Nc1ccc(C)c(Cl)c1. The fourth-order valence-electron chi connectivity index (χ4n) is 3.21. The topological polar surface area (TPSA) is 100 Å². The first-order valence-electron chi connectivity index (χ1n) is 10.8. The summed E-state index contributed by atoms with van der Waals surface area (Å²) in [5.74, 6) is -0.300. The highest BCUT2D eigenvalue weighted by Gasteiger charge is 2.16. The van der Waals surface area contributed by atoms with Crippen molar-refractivity contribution in [3.8, 4) is 17.6 Å². The second-order valence-electron chi connectivity index (χ2n) is 7.83. The third-order valence-corrected chi connectivity index (χ3v) is 6.00. The third kappa shape index (κ3) is 7.11. The van der Waals surface area contributed by atoms with Crippen molar-refractivity contribution in [1.82, 2.24) is 0 Å². The number of nitrogens with zero attached hydrogens (tertiary/aromatic N) is 1. The van der Waals surface area contributed by atoms with Crippen LogP contribution in [0.2, 0.25) is 5.02 Å². The van der Waals surface area contributed by atoms with Gasteiger partial charge in [-0.15, -0.1) is 0 Å². The maximum atomic E-state index is 12.6. The molecule has 3 aromatic rings. The van der Waals surface area contributed by atoms with Gasteiger partial charge in [0.2, 0.25) is 0 Å². The van der Waals surface area contributed by atoms with Crippen molar-refractivity contribution in [2.24, 2.45) is 0 Å². The lowest BCUT2D eigenvalue weighted by Gasteiger charge is -2.14. The van der Waals surface area contributed by atoms with Gasteiger partial charge in [0.25, 0.3) is 11.8 Å². The molecule has 0 saturated carbocycles. The van der Waals surface area contributed by atoms with Gasteiger partial charge < -0.3 is 20.1 Å². The predicted molar refractivity (Wildman–Crippen MR) is 144 cm³/mol. The molecule has 3 rings (SSSR count). The molecule has 0 fully saturated rings. The molecule has 2 amide bonds. The molecule has 0 aliphatic heterocycles. The molecule has 3 aromatic carbocycles. The highest BCUT2D eigenvalue weighted by atomic mass is 79.9. The van der Waals surface area contributed by atoms with Gasteiger partial charge in [-0.05, 0) is 88.9 Å². The monoisotopic (exact) mass is 567 g/mol. The number of methoxy groups -OCH3 is 1. The predicted octanol–water partition coefficient (Wildman–Crippen LogP) is 6.29. The van der Waals surface area contributed by atoms with Crippen LogP contribution in [0.25, 0.3) is 6.08 Å². The van der Waals surface area contributed by atoms with Crippen LogP contribution >= 0.6 is 27.5 Å². The number of carbonyl (C=O) groups excluding carboxylic acids is 2. The van der Waals surface area contributed by atoms with Gasteiger partial charge in [0.05, 0.1) is 11.6 Å². The first-order chi connectivity index (χ1) is 17.2. The molecule has 0 aliphatic carbocycles. The lowest BCUT2D eigenvalue weighted by atomic mass is 10.1. The van der Waals surface area contributed by atoms with Crippen LogP contribution in [0.15, 0.2) is 64.6 Å². The molecule has 7 nitrogen and oxygen atoms in total. The van der Waals surface area contributed by atoms with E-state index in [0.717, 1.165) is 11.1 Å². The van der Waals surface area contributed by atoms with Crippen LogP contribution in [0.1, 0.15) is 16.7 Å². The van der Waals surface area contributed by atoms with E-state index in [9.17, 15) is 14.9 Å². The van der Waals surface area contributed by atoms with E-state index in [1.54, 1.807) is 36.4 Å². The molecule has 2 N–H and O–H groups in total. The lowest BCUT2D eigenvalue weighted by molar-refractivity contribution is -0.118. The maximum Gasteiger partial charge on any atom is 0.266 e. The molecule has 0 bridgehead atoms. The number of anilines is 2. The molecule has 0 saturated heterocycles. The van der Waals surface area contributed by atoms with Gasteiger partial charge in [0, 0.05) is 16.4 Å². The van der Waals surface area contributed by atoms with E-state index < -0.39 is 5.91 Å². The smallest absolute Gasteiger partial charge is 0.266 e. The Morgan fingerprint density at radius 2 is 1.83 bits per heavy atom. The van der Waals surface area contributed by atoms with Crippen LogP contribution in [-0.2, 0) is 9.59 Å². The standard InChI is InChI=1S/C27H23BrClN3O4/c1-16-5-4-6-20(9-16)32-27(34)19(14-30)10-18-11-22(28)26(24(12-18)35-3)36-15-25(33)31-21-8-7-17(2)23(29)13-21/h4-13H,15H2,1-3H3,(H,31,33)(H,32,34)/b19-10+. The largest absolute Gasteiger partial charge is 0.493 e. The van der Waals surface area contributed by atoms with Gasteiger partial charge in [-0.25, -0.2) is 0 Å². The van der Waals surface area contributed by atoms with Crippen molar-refractivity contribution < 1.29 is 19.1 Å². The molecule has 0 unspecified atom stereocenters.